The number of carbonyl (C=O) groups is 1. The first-order chi connectivity index (χ1) is 6.16. The molecule has 0 aliphatic rings. The van der Waals surface area contributed by atoms with Crippen molar-refractivity contribution in [2.45, 2.75) is 4.83 Å². The molecule has 0 saturated carbocycles. The molecule has 1 aromatic carbocycles. The van der Waals surface area contributed by atoms with Crippen LogP contribution in [-0.4, -0.2) is 13.0 Å². The lowest BCUT2D eigenvalue weighted by atomic mass is 10.1. The molecule has 3 nitrogen and oxygen atoms in total. The quantitative estimate of drug-likeness (QED) is 0.821. The normalized spacial score (nSPS) is 12.2. The summed E-state index contributed by atoms with van der Waals surface area (Å²) in [5.41, 5.74) is 5.90. The lowest BCUT2D eigenvalue weighted by Gasteiger charge is -2.10. The van der Waals surface area contributed by atoms with Crippen molar-refractivity contribution in [3.05, 3.63) is 29.8 Å². The van der Waals surface area contributed by atoms with Crippen LogP contribution in [0.2, 0.25) is 0 Å². The fourth-order valence-electron chi connectivity index (χ4n) is 1.03. The predicted octanol–water partition coefficient (Wildman–Crippen LogP) is 1.62. The minimum atomic E-state index is -0.497. The van der Waals surface area contributed by atoms with E-state index < -0.39 is 10.7 Å². The molecule has 0 spiro atoms. The van der Waals surface area contributed by atoms with Crippen LogP contribution in [0.25, 0.3) is 0 Å². The Labute approximate surface area is 85.0 Å². The zero-order chi connectivity index (χ0) is 9.84. The summed E-state index contributed by atoms with van der Waals surface area (Å²) in [6.45, 7) is 0. The number of carbonyl (C=O) groups excluding carboxylic acids is 1. The van der Waals surface area contributed by atoms with Crippen molar-refractivity contribution >= 4 is 21.8 Å². The van der Waals surface area contributed by atoms with E-state index in [-0.39, 0.29) is 0 Å². The van der Waals surface area contributed by atoms with Crippen molar-refractivity contribution in [3.8, 4) is 5.75 Å². The number of para-hydroxylation sites is 1. The maximum Gasteiger partial charge on any atom is 0.235 e. The second-order valence-corrected chi connectivity index (χ2v) is 3.42. The molecule has 1 aromatic rings. The molecule has 2 N–H and O–H groups in total. The number of hydrogen-bond donors (Lipinski definition) is 1. The summed E-state index contributed by atoms with van der Waals surface area (Å²) in [6, 6.07) is 7.24. The van der Waals surface area contributed by atoms with Crippen LogP contribution in [0.1, 0.15) is 10.4 Å². The van der Waals surface area contributed by atoms with Gasteiger partial charge in [-0.15, -0.1) is 0 Å². The molecule has 1 atom stereocenters. The molecule has 0 fully saturated rings. The SMILES string of the molecule is COc1ccccc1C(Br)C(N)=O. The number of nitrogens with two attached hydrogens (primary N) is 1. The Morgan fingerprint density at radius 2 is 2.15 bits per heavy atom. The number of rotatable bonds is 3. The molecule has 0 saturated heterocycles. The van der Waals surface area contributed by atoms with E-state index in [0.29, 0.717) is 5.75 Å². The van der Waals surface area contributed by atoms with E-state index in [9.17, 15) is 4.79 Å². The van der Waals surface area contributed by atoms with Gasteiger partial charge in [0.25, 0.3) is 0 Å². The molecule has 70 valence electrons. The summed E-state index contributed by atoms with van der Waals surface area (Å²) >= 11 is 3.19. The number of halogens is 1. The zero-order valence-electron chi connectivity index (χ0n) is 7.16. The van der Waals surface area contributed by atoms with Crippen LogP contribution in [0.4, 0.5) is 0 Å². The molecule has 1 unspecified atom stereocenters. The molecule has 0 bridgehead atoms. The second-order valence-electron chi connectivity index (χ2n) is 2.51. The highest BCUT2D eigenvalue weighted by Gasteiger charge is 2.17. The standard InChI is InChI=1S/C9H10BrNO2/c1-13-7-5-3-2-4-6(7)8(10)9(11)12/h2-5,8H,1H3,(H2,11,12). The molecule has 0 aliphatic carbocycles. The van der Waals surface area contributed by atoms with Crippen molar-refractivity contribution < 1.29 is 9.53 Å². The lowest BCUT2D eigenvalue weighted by Crippen LogP contribution is -2.17. The van der Waals surface area contributed by atoms with E-state index in [1.54, 1.807) is 19.2 Å². The van der Waals surface area contributed by atoms with E-state index in [4.69, 9.17) is 10.5 Å². The summed E-state index contributed by atoms with van der Waals surface area (Å²) in [5.74, 6) is 0.229. The Hall–Kier alpha value is -1.03. The van der Waals surface area contributed by atoms with Gasteiger partial charge >= 0.3 is 0 Å². The monoisotopic (exact) mass is 243 g/mol. The number of benzene rings is 1. The highest BCUT2D eigenvalue weighted by Crippen LogP contribution is 2.30. The third-order valence-corrected chi connectivity index (χ3v) is 2.61. The maximum atomic E-state index is 10.9. The number of ether oxygens (including phenoxy) is 1. The van der Waals surface area contributed by atoms with E-state index in [2.05, 4.69) is 15.9 Å². The van der Waals surface area contributed by atoms with Crippen LogP contribution in [0, 0.1) is 0 Å². The fourth-order valence-corrected chi connectivity index (χ4v) is 1.41. The van der Waals surface area contributed by atoms with Gasteiger partial charge in [0.15, 0.2) is 0 Å². The van der Waals surface area contributed by atoms with Gasteiger partial charge in [-0.1, -0.05) is 34.1 Å². The van der Waals surface area contributed by atoms with Gasteiger partial charge in [0.2, 0.25) is 5.91 Å². The molecule has 0 heterocycles. The first kappa shape index (κ1) is 10.1. The molecule has 0 aliphatic heterocycles. The third kappa shape index (κ3) is 2.21. The number of amides is 1. The first-order valence-electron chi connectivity index (χ1n) is 3.73. The maximum absolute atomic E-state index is 10.9. The number of methoxy groups -OCH3 is 1. The number of primary amides is 1. The van der Waals surface area contributed by atoms with Gasteiger partial charge < -0.3 is 10.5 Å². The Morgan fingerprint density at radius 1 is 1.54 bits per heavy atom. The summed E-state index contributed by atoms with van der Waals surface area (Å²) < 4.78 is 5.08. The summed E-state index contributed by atoms with van der Waals surface area (Å²) in [6.07, 6.45) is 0. The van der Waals surface area contributed by atoms with Crippen molar-refractivity contribution in [1.29, 1.82) is 0 Å². The number of hydrogen-bond acceptors (Lipinski definition) is 2. The molecule has 4 heteroatoms. The van der Waals surface area contributed by atoms with Crippen LogP contribution >= 0.6 is 15.9 Å². The first-order valence-corrected chi connectivity index (χ1v) is 4.64. The number of alkyl halides is 1. The van der Waals surface area contributed by atoms with Crippen LogP contribution in [0.5, 0.6) is 5.75 Å². The summed E-state index contributed by atoms with van der Waals surface area (Å²) in [4.78, 5) is 10.4. The van der Waals surface area contributed by atoms with Crippen molar-refractivity contribution in [3.63, 3.8) is 0 Å². The van der Waals surface area contributed by atoms with Gasteiger partial charge in [-0.2, -0.15) is 0 Å². The van der Waals surface area contributed by atoms with Crippen LogP contribution < -0.4 is 10.5 Å². The fraction of sp³-hybridized carbons (Fsp3) is 0.222. The van der Waals surface area contributed by atoms with Crippen LogP contribution in [-0.2, 0) is 4.79 Å². The largest absolute Gasteiger partial charge is 0.496 e. The minimum absolute atomic E-state index is 0.426. The van der Waals surface area contributed by atoms with Crippen molar-refractivity contribution in [1.82, 2.24) is 0 Å². The second kappa shape index (κ2) is 4.28. The van der Waals surface area contributed by atoms with E-state index in [1.165, 1.54) is 0 Å². The Bertz CT molecular complexity index is 314. The Kier molecular flexibility index (Phi) is 3.31. The molecule has 13 heavy (non-hydrogen) atoms. The summed E-state index contributed by atoms with van der Waals surface area (Å²) in [7, 11) is 1.56. The minimum Gasteiger partial charge on any atom is -0.496 e. The topological polar surface area (TPSA) is 52.3 Å². The summed E-state index contributed by atoms with van der Waals surface area (Å²) in [5, 5.41) is 0. The van der Waals surface area contributed by atoms with Gasteiger partial charge in [0.1, 0.15) is 10.6 Å². The average molecular weight is 244 g/mol. The van der Waals surface area contributed by atoms with Gasteiger partial charge in [-0.3, -0.25) is 4.79 Å². The smallest absolute Gasteiger partial charge is 0.235 e. The van der Waals surface area contributed by atoms with Crippen molar-refractivity contribution in [2.24, 2.45) is 5.73 Å². The molecule has 1 rings (SSSR count). The average Bonchev–Trinajstić information content (AvgIpc) is 2.16. The molecular weight excluding hydrogens is 234 g/mol. The van der Waals surface area contributed by atoms with E-state index in [0.717, 1.165) is 5.56 Å². The van der Waals surface area contributed by atoms with Gasteiger partial charge in [0.05, 0.1) is 7.11 Å². The lowest BCUT2D eigenvalue weighted by molar-refractivity contribution is -0.117. The highest BCUT2D eigenvalue weighted by molar-refractivity contribution is 9.09. The Balaban J connectivity index is 3.05. The predicted molar refractivity (Wildman–Crippen MR) is 53.9 cm³/mol. The van der Waals surface area contributed by atoms with Crippen molar-refractivity contribution in [2.75, 3.05) is 7.11 Å². The Morgan fingerprint density at radius 3 is 2.69 bits per heavy atom. The molecule has 0 radical (unpaired) electrons. The molecular formula is C9H10BrNO2. The van der Waals surface area contributed by atoms with Crippen LogP contribution in [0.15, 0.2) is 24.3 Å². The zero-order valence-corrected chi connectivity index (χ0v) is 8.74. The van der Waals surface area contributed by atoms with Gasteiger partial charge in [0, 0.05) is 5.56 Å². The van der Waals surface area contributed by atoms with Gasteiger partial charge in [-0.25, -0.2) is 0 Å². The molecule has 1 amide bonds. The van der Waals surface area contributed by atoms with Crippen LogP contribution in [0.3, 0.4) is 0 Å². The van der Waals surface area contributed by atoms with E-state index >= 15 is 0 Å². The highest BCUT2D eigenvalue weighted by atomic mass is 79.9. The van der Waals surface area contributed by atoms with E-state index in [1.807, 2.05) is 12.1 Å². The van der Waals surface area contributed by atoms with Gasteiger partial charge in [-0.05, 0) is 6.07 Å². The third-order valence-electron chi connectivity index (χ3n) is 1.66. The molecule has 0 aromatic heterocycles.